The number of carbonyl (C=O) groups excluding carboxylic acids is 1. The van der Waals surface area contributed by atoms with Gasteiger partial charge in [0.15, 0.2) is 34.9 Å². The first-order valence-corrected chi connectivity index (χ1v) is 8.30. The van der Waals surface area contributed by atoms with Gasteiger partial charge in [-0.3, -0.25) is 4.79 Å². The van der Waals surface area contributed by atoms with Crippen molar-refractivity contribution in [1.29, 1.82) is 0 Å². The van der Waals surface area contributed by atoms with Gasteiger partial charge in [0.1, 0.15) is 0 Å². The summed E-state index contributed by atoms with van der Waals surface area (Å²) >= 11 is 0. The highest BCUT2D eigenvalue weighted by molar-refractivity contribution is 5.96. The molecule has 1 heterocycles. The van der Waals surface area contributed by atoms with Crippen LogP contribution >= 0.6 is 0 Å². The van der Waals surface area contributed by atoms with E-state index in [2.05, 4.69) is 15.6 Å². The van der Waals surface area contributed by atoms with Crippen LogP contribution in [0.5, 0.6) is 17.2 Å². The lowest BCUT2D eigenvalue weighted by atomic mass is 10.1. The van der Waals surface area contributed by atoms with Crippen LogP contribution in [-0.2, 0) is 4.79 Å². The van der Waals surface area contributed by atoms with E-state index in [1.54, 1.807) is 24.3 Å². The van der Waals surface area contributed by atoms with Crippen molar-refractivity contribution in [3.63, 3.8) is 0 Å². The molecule has 0 fully saturated rings. The molecule has 9 heteroatoms. The largest absolute Gasteiger partial charge is 0.493 e. The molecular formula is C19H18FN3O5. The molecule has 0 spiro atoms. The van der Waals surface area contributed by atoms with Gasteiger partial charge in [-0.2, -0.15) is 0 Å². The topological polar surface area (TPSA) is 95.7 Å². The van der Waals surface area contributed by atoms with E-state index in [1.165, 1.54) is 39.3 Å². The van der Waals surface area contributed by atoms with Crippen molar-refractivity contribution < 1.29 is 28.0 Å². The molecule has 0 saturated carbocycles. The summed E-state index contributed by atoms with van der Waals surface area (Å²) in [7, 11) is 3.03. The Morgan fingerprint density at radius 3 is 2.54 bits per heavy atom. The van der Waals surface area contributed by atoms with Crippen LogP contribution in [0, 0.1) is 5.82 Å². The van der Waals surface area contributed by atoms with E-state index in [4.69, 9.17) is 18.8 Å². The van der Waals surface area contributed by atoms with Crippen molar-refractivity contribution in [2.75, 3.05) is 19.5 Å². The van der Waals surface area contributed by atoms with E-state index < -0.39 is 17.8 Å². The smallest absolute Gasteiger partial charge is 0.266 e. The molecule has 0 unspecified atom stereocenters. The molecule has 0 aliphatic carbocycles. The first-order valence-electron chi connectivity index (χ1n) is 8.30. The summed E-state index contributed by atoms with van der Waals surface area (Å²) in [5, 5.41) is 10.1. The molecule has 1 atom stereocenters. The second kappa shape index (κ2) is 8.38. The minimum atomic E-state index is -0.980. The van der Waals surface area contributed by atoms with Gasteiger partial charge in [-0.15, -0.1) is 0 Å². The predicted molar refractivity (Wildman–Crippen MR) is 98.0 cm³/mol. The standard InChI is InChI=1S/C19H18FN3O5/c1-11(27-14-7-5-4-6-13(14)20)19(24)21-18-17(22-28-23-18)12-8-9-15(25-2)16(10-12)26-3/h4-11H,1-3H3,(H,21,23,24)/t11-/m0/s1. The average Bonchev–Trinajstić information content (AvgIpc) is 3.17. The molecule has 3 aromatic rings. The maximum absolute atomic E-state index is 13.7. The Balaban J connectivity index is 1.77. The number of rotatable bonds is 7. The monoisotopic (exact) mass is 387 g/mol. The van der Waals surface area contributed by atoms with Crippen LogP contribution in [0.25, 0.3) is 11.3 Å². The summed E-state index contributed by atoms with van der Waals surface area (Å²) in [5.74, 6) is -0.00146. The zero-order chi connectivity index (χ0) is 20.1. The molecule has 0 radical (unpaired) electrons. The molecule has 146 valence electrons. The molecule has 1 amide bonds. The van der Waals surface area contributed by atoms with Gasteiger partial charge in [0.05, 0.1) is 14.2 Å². The lowest BCUT2D eigenvalue weighted by Crippen LogP contribution is -2.30. The zero-order valence-corrected chi connectivity index (χ0v) is 15.4. The summed E-state index contributed by atoms with van der Waals surface area (Å²) in [4.78, 5) is 12.4. The van der Waals surface area contributed by atoms with E-state index >= 15 is 0 Å². The Labute approximate surface area is 160 Å². The van der Waals surface area contributed by atoms with E-state index in [1.807, 2.05) is 0 Å². The fourth-order valence-electron chi connectivity index (χ4n) is 2.45. The maximum Gasteiger partial charge on any atom is 0.266 e. The normalized spacial score (nSPS) is 11.6. The van der Waals surface area contributed by atoms with Gasteiger partial charge in [0, 0.05) is 5.56 Å². The maximum atomic E-state index is 13.7. The van der Waals surface area contributed by atoms with E-state index in [9.17, 15) is 9.18 Å². The molecule has 1 aromatic heterocycles. The van der Waals surface area contributed by atoms with Crippen LogP contribution in [0.15, 0.2) is 47.1 Å². The second-order valence-corrected chi connectivity index (χ2v) is 5.71. The Hall–Kier alpha value is -3.62. The summed E-state index contributed by atoms with van der Waals surface area (Å²) in [6, 6.07) is 10.9. The summed E-state index contributed by atoms with van der Waals surface area (Å²) in [5.41, 5.74) is 0.893. The van der Waals surface area contributed by atoms with E-state index in [0.29, 0.717) is 22.8 Å². The van der Waals surface area contributed by atoms with E-state index in [0.717, 1.165) is 0 Å². The van der Waals surface area contributed by atoms with Crippen LogP contribution < -0.4 is 19.5 Å². The molecule has 28 heavy (non-hydrogen) atoms. The number of halogens is 1. The molecule has 0 saturated heterocycles. The summed E-state index contributed by atoms with van der Waals surface area (Å²) in [6.07, 6.45) is -0.980. The minimum absolute atomic E-state index is 0.0245. The Morgan fingerprint density at radius 2 is 1.82 bits per heavy atom. The van der Waals surface area contributed by atoms with Gasteiger partial charge in [-0.1, -0.05) is 12.1 Å². The molecule has 3 rings (SSSR count). The fraction of sp³-hybridized carbons (Fsp3) is 0.211. The molecule has 1 N–H and O–H groups in total. The molecule has 8 nitrogen and oxygen atoms in total. The summed E-state index contributed by atoms with van der Waals surface area (Å²) in [6.45, 7) is 1.49. The van der Waals surface area contributed by atoms with Crippen LogP contribution in [0.4, 0.5) is 10.2 Å². The number of nitrogens with one attached hydrogen (secondary N) is 1. The minimum Gasteiger partial charge on any atom is -0.493 e. The highest BCUT2D eigenvalue weighted by Gasteiger charge is 2.22. The van der Waals surface area contributed by atoms with Gasteiger partial charge in [0.25, 0.3) is 5.91 Å². The van der Waals surface area contributed by atoms with Crippen molar-refractivity contribution in [2.24, 2.45) is 0 Å². The third kappa shape index (κ3) is 4.03. The SMILES string of the molecule is COc1ccc(-c2nonc2NC(=O)[C@H](C)Oc2ccccc2F)cc1OC. The van der Waals surface area contributed by atoms with Gasteiger partial charge in [-0.25, -0.2) is 9.02 Å². The highest BCUT2D eigenvalue weighted by Crippen LogP contribution is 2.33. The lowest BCUT2D eigenvalue weighted by Gasteiger charge is -2.14. The van der Waals surface area contributed by atoms with Crippen LogP contribution in [-0.4, -0.2) is 36.5 Å². The number of benzene rings is 2. The summed E-state index contributed by atoms with van der Waals surface area (Å²) < 4.78 is 34.3. The van der Waals surface area contributed by atoms with Crippen molar-refractivity contribution >= 4 is 11.7 Å². The molecule has 0 bridgehead atoms. The van der Waals surface area contributed by atoms with Gasteiger partial charge in [-0.05, 0) is 47.6 Å². The van der Waals surface area contributed by atoms with Crippen molar-refractivity contribution in [1.82, 2.24) is 10.3 Å². The second-order valence-electron chi connectivity index (χ2n) is 5.71. The highest BCUT2D eigenvalue weighted by atomic mass is 19.1. The third-order valence-electron chi connectivity index (χ3n) is 3.90. The molecular weight excluding hydrogens is 369 g/mol. The van der Waals surface area contributed by atoms with Crippen LogP contribution in [0.1, 0.15) is 6.92 Å². The first kappa shape index (κ1) is 19.2. The molecule has 2 aromatic carbocycles. The van der Waals surface area contributed by atoms with Gasteiger partial charge < -0.3 is 19.5 Å². The van der Waals surface area contributed by atoms with Crippen molar-refractivity contribution in [2.45, 2.75) is 13.0 Å². The van der Waals surface area contributed by atoms with Gasteiger partial charge in [0.2, 0.25) is 5.82 Å². The Kier molecular flexibility index (Phi) is 5.73. The number of hydrogen-bond acceptors (Lipinski definition) is 7. The third-order valence-corrected chi connectivity index (χ3v) is 3.90. The quantitative estimate of drug-likeness (QED) is 0.664. The van der Waals surface area contributed by atoms with Crippen molar-refractivity contribution in [3.05, 3.63) is 48.3 Å². The number of amides is 1. The number of methoxy groups -OCH3 is 2. The first-order chi connectivity index (χ1) is 13.5. The molecule has 0 aliphatic heterocycles. The Bertz CT molecular complexity index is 976. The fourth-order valence-corrected chi connectivity index (χ4v) is 2.45. The van der Waals surface area contributed by atoms with Crippen LogP contribution in [0.2, 0.25) is 0 Å². The molecule has 0 aliphatic rings. The Morgan fingerprint density at radius 1 is 1.07 bits per heavy atom. The average molecular weight is 387 g/mol. The number of hydrogen-bond donors (Lipinski definition) is 1. The lowest BCUT2D eigenvalue weighted by molar-refractivity contribution is -0.122. The van der Waals surface area contributed by atoms with Crippen LogP contribution in [0.3, 0.4) is 0 Å². The number of carbonyl (C=O) groups is 1. The predicted octanol–water partition coefficient (Wildman–Crippen LogP) is 3.30. The van der Waals surface area contributed by atoms with Gasteiger partial charge >= 0.3 is 0 Å². The number of anilines is 1. The number of para-hydroxylation sites is 1. The number of ether oxygens (including phenoxy) is 3. The number of nitrogens with zero attached hydrogens (tertiary/aromatic N) is 2. The zero-order valence-electron chi connectivity index (χ0n) is 15.4. The van der Waals surface area contributed by atoms with E-state index in [-0.39, 0.29) is 11.6 Å². The number of aromatic nitrogens is 2. The van der Waals surface area contributed by atoms with Crippen molar-refractivity contribution in [3.8, 4) is 28.5 Å².